The summed E-state index contributed by atoms with van der Waals surface area (Å²) >= 11 is 0. The molecule has 0 saturated carbocycles. The van der Waals surface area contributed by atoms with Crippen molar-refractivity contribution < 1.29 is 12.6 Å². The van der Waals surface area contributed by atoms with Crippen LogP contribution < -0.4 is 0 Å². The van der Waals surface area contributed by atoms with Gasteiger partial charge in [-0.05, 0) is 17.7 Å². The minimum absolute atomic E-state index is 0.130. The predicted molar refractivity (Wildman–Crippen MR) is 81.4 cm³/mol. The molecule has 20 heavy (non-hydrogen) atoms. The van der Waals surface area contributed by atoms with E-state index in [4.69, 9.17) is 0 Å². The van der Waals surface area contributed by atoms with Crippen molar-refractivity contribution in [2.75, 3.05) is 0 Å². The van der Waals surface area contributed by atoms with E-state index in [9.17, 15) is 8.42 Å². The van der Waals surface area contributed by atoms with Crippen molar-refractivity contribution in [2.45, 2.75) is 4.90 Å². The van der Waals surface area contributed by atoms with E-state index < -0.39 is 10.1 Å². The highest BCUT2D eigenvalue weighted by atomic mass is 32.2. The second-order valence-electron chi connectivity index (χ2n) is 3.64. The van der Waals surface area contributed by atoms with Crippen LogP contribution in [0, 0.1) is 0 Å². The van der Waals surface area contributed by atoms with Gasteiger partial charge in [0, 0.05) is 0 Å². The summed E-state index contributed by atoms with van der Waals surface area (Å²) in [4.78, 5) is 0.130. The molecule has 0 N–H and O–H groups in total. The molecule has 0 heterocycles. The SMILES string of the molecule is C=COS(=O)(=O)c1ccccc1.C=Cc1ccccc1. The van der Waals surface area contributed by atoms with Crippen molar-refractivity contribution in [3.8, 4) is 0 Å². The Kier molecular flexibility index (Phi) is 6.26. The van der Waals surface area contributed by atoms with Gasteiger partial charge in [0.1, 0.15) is 4.90 Å². The second-order valence-corrected chi connectivity index (χ2v) is 5.22. The van der Waals surface area contributed by atoms with Crippen LogP contribution in [-0.2, 0) is 14.3 Å². The third kappa shape index (κ3) is 5.12. The van der Waals surface area contributed by atoms with E-state index >= 15 is 0 Å². The molecule has 0 aliphatic rings. The summed E-state index contributed by atoms with van der Waals surface area (Å²) in [5.74, 6) is 0. The first kappa shape index (κ1) is 15.7. The molecule has 4 heteroatoms. The summed E-state index contributed by atoms with van der Waals surface area (Å²) in [6, 6.07) is 17.9. The van der Waals surface area contributed by atoms with Crippen molar-refractivity contribution in [1.82, 2.24) is 0 Å². The first-order valence-electron chi connectivity index (χ1n) is 5.87. The molecule has 0 amide bonds. The highest BCUT2D eigenvalue weighted by Gasteiger charge is 2.11. The maximum Gasteiger partial charge on any atom is 0.338 e. The molecule has 0 fully saturated rings. The molecule has 0 aromatic heterocycles. The van der Waals surface area contributed by atoms with Gasteiger partial charge in [0.05, 0.1) is 6.26 Å². The van der Waals surface area contributed by atoms with Crippen LogP contribution in [0.2, 0.25) is 0 Å². The van der Waals surface area contributed by atoms with Gasteiger partial charge in [-0.15, -0.1) is 0 Å². The summed E-state index contributed by atoms with van der Waals surface area (Å²) in [7, 11) is -3.63. The van der Waals surface area contributed by atoms with Crippen LogP contribution >= 0.6 is 0 Å². The molecular formula is C16H16O3S. The Hall–Kier alpha value is -2.33. The number of rotatable bonds is 4. The van der Waals surface area contributed by atoms with E-state index in [0.29, 0.717) is 0 Å². The third-order valence-electron chi connectivity index (χ3n) is 2.26. The lowest BCUT2D eigenvalue weighted by Gasteiger charge is -2.00. The van der Waals surface area contributed by atoms with Crippen LogP contribution in [0.15, 0.2) is 85.0 Å². The van der Waals surface area contributed by atoms with E-state index in [0.717, 1.165) is 6.26 Å². The summed E-state index contributed by atoms with van der Waals surface area (Å²) in [6.07, 6.45) is 2.72. The summed E-state index contributed by atoms with van der Waals surface area (Å²) in [6.45, 7) is 6.80. The van der Waals surface area contributed by atoms with Gasteiger partial charge in [0.25, 0.3) is 0 Å². The quantitative estimate of drug-likeness (QED) is 0.633. The van der Waals surface area contributed by atoms with Crippen LogP contribution in [0.3, 0.4) is 0 Å². The first-order valence-corrected chi connectivity index (χ1v) is 7.27. The molecule has 0 radical (unpaired) electrons. The zero-order chi connectivity index (χ0) is 14.8. The van der Waals surface area contributed by atoms with E-state index in [-0.39, 0.29) is 4.90 Å². The Labute approximate surface area is 120 Å². The fraction of sp³-hybridized carbons (Fsp3) is 0. The zero-order valence-corrected chi connectivity index (χ0v) is 11.8. The molecule has 2 aromatic carbocycles. The Morgan fingerprint density at radius 2 is 1.35 bits per heavy atom. The van der Waals surface area contributed by atoms with Gasteiger partial charge in [0.2, 0.25) is 0 Å². The van der Waals surface area contributed by atoms with Crippen molar-refractivity contribution in [1.29, 1.82) is 0 Å². The first-order chi connectivity index (χ1) is 9.60. The van der Waals surface area contributed by atoms with Crippen LogP contribution in [0.5, 0.6) is 0 Å². The highest BCUT2D eigenvalue weighted by Crippen LogP contribution is 2.10. The van der Waals surface area contributed by atoms with Gasteiger partial charge < -0.3 is 4.18 Å². The normalized spacial score (nSPS) is 9.80. The van der Waals surface area contributed by atoms with Gasteiger partial charge in [-0.25, -0.2) is 0 Å². The fourth-order valence-electron chi connectivity index (χ4n) is 1.32. The van der Waals surface area contributed by atoms with Gasteiger partial charge in [-0.3, -0.25) is 0 Å². The third-order valence-corrected chi connectivity index (χ3v) is 3.50. The van der Waals surface area contributed by atoms with E-state index in [2.05, 4.69) is 17.3 Å². The Morgan fingerprint density at radius 3 is 1.75 bits per heavy atom. The lowest BCUT2D eigenvalue weighted by molar-refractivity contribution is 0.444. The molecule has 2 rings (SSSR count). The highest BCUT2D eigenvalue weighted by molar-refractivity contribution is 7.86. The Morgan fingerprint density at radius 1 is 0.850 bits per heavy atom. The van der Waals surface area contributed by atoms with Crippen molar-refractivity contribution in [3.63, 3.8) is 0 Å². The van der Waals surface area contributed by atoms with Gasteiger partial charge in [-0.2, -0.15) is 8.42 Å². The smallest absolute Gasteiger partial charge is 0.338 e. The molecule has 0 bridgehead atoms. The van der Waals surface area contributed by atoms with Crippen molar-refractivity contribution >= 4 is 16.2 Å². The monoisotopic (exact) mass is 288 g/mol. The molecule has 0 saturated heterocycles. The number of hydrogen-bond donors (Lipinski definition) is 0. The number of benzene rings is 2. The predicted octanol–water partition coefficient (Wildman–Crippen LogP) is 3.87. The fourth-order valence-corrected chi connectivity index (χ4v) is 2.10. The topological polar surface area (TPSA) is 43.4 Å². The average Bonchev–Trinajstić information content (AvgIpc) is 2.50. The summed E-state index contributed by atoms with van der Waals surface area (Å²) in [5.41, 5.74) is 1.17. The summed E-state index contributed by atoms with van der Waals surface area (Å²) in [5, 5.41) is 0. The van der Waals surface area contributed by atoms with Crippen LogP contribution in [-0.4, -0.2) is 8.42 Å². The molecule has 0 aliphatic heterocycles. The molecular weight excluding hydrogens is 272 g/mol. The summed E-state index contributed by atoms with van der Waals surface area (Å²) < 4.78 is 26.6. The maximum atomic E-state index is 11.1. The van der Waals surface area contributed by atoms with Crippen molar-refractivity contribution in [2.24, 2.45) is 0 Å². The zero-order valence-electron chi connectivity index (χ0n) is 11.0. The molecule has 0 spiro atoms. The molecule has 104 valence electrons. The lowest BCUT2D eigenvalue weighted by atomic mass is 10.2. The molecule has 0 atom stereocenters. The van der Waals surface area contributed by atoms with Gasteiger partial charge >= 0.3 is 10.1 Å². The van der Waals surface area contributed by atoms with Crippen LogP contribution in [0.1, 0.15) is 5.56 Å². The Bertz CT molecular complexity index is 632. The maximum absolute atomic E-state index is 11.1. The largest absolute Gasteiger partial charge is 0.388 e. The molecule has 2 aromatic rings. The van der Waals surface area contributed by atoms with E-state index in [1.165, 1.54) is 17.7 Å². The Balaban J connectivity index is 0.000000217. The molecule has 0 unspecified atom stereocenters. The number of hydrogen-bond acceptors (Lipinski definition) is 3. The minimum atomic E-state index is -3.63. The molecule has 3 nitrogen and oxygen atoms in total. The average molecular weight is 288 g/mol. The van der Waals surface area contributed by atoms with E-state index in [1.807, 2.05) is 36.4 Å². The lowest BCUT2D eigenvalue weighted by Crippen LogP contribution is -2.00. The van der Waals surface area contributed by atoms with E-state index in [1.54, 1.807) is 18.2 Å². The second kappa shape index (κ2) is 7.96. The van der Waals surface area contributed by atoms with Gasteiger partial charge in [-0.1, -0.05) is 67.8 Å². The van der Waals surface area contributed by atoms with Crippen LogP contribution in [0.4, 0.5) is 0 Å². The van der Waals surface area contributed by atoms with Crippen molar-refractivity contribution in [3.05, 3.63) is 85.6 Å². The van der Waals surface area contributed by atoms with Crippen LogP contribution in [0.25, 0.3) is 6.08 Å². The minimum Gasteiger partial charge on any atom is -0.388 e. The standard InChI is InChI=1S/C8H8O3S.C8H8/c1-2-11-12(9,10)8-6-4-3-5-7-8;1-2-8-6-4-3-5-7-8/h2-7H,1H2;2-7H,1H2. The molecule has 0 aliphatic carbocycles. The van der Waals surface area contributed by atoms with Gasteiger partial charge in [0.15, 0.2) is 0 Å².